The van der Waals surface area contributed by atoms with Crippen LogP contribution in [0.3, 0.4) is 0 Å². The van der Waals surface area contributed by atoms with Crippen LogP contribution in [-0.4, -0.2) is 13.7 Å². The fourth-order valence-electron chi connectivity index (χ4n) is 2.89. The minimum absolute atomic E-state index is 0.926. The zero-order chi connectivity index (χ0) is 13.8. The van der Waals surface area contributed by atoms with E-state index in [1.165, 1.54) is 35.2 Å². The van der Waals surface area contributed by atoms with Gasteiger partial charge in [0.15, 0.2) is 0 Å². The van der Waals surface area contributed by atoms with Gasteiger partial charge in [-0.2, -0.15) is 0 Å². The summed E-state index contributed by atoms with van der Waals surface area (Å²) < 4.78 is 5.20. The molecule has 0 unspecified atom stereocenters. The Balaban J connectivity index is 1.71. The summed E-state index contributed by atoms with van der Waals surface area (Å²) in [5, 5.41) is 3.50. The van der Waals surface area contributed by atoms with Crippen LogP contribution in [0.15, 0.2) is 42.5 Å². The van der Waals surface area contributed by atoms with Crippen molar-refractivity contribution in [2.75, 3.05) is 19.0 Å². The number of rotatable bonds is 4. The summed E-state index contributed by atoms with van der Waals surface area (Å²) in [6.07, 6.45) is 4.64. The molecule has 0 saturated carbocycles. The number of benzene rings is 2. The van der Waals surface area contributed by atoms with Crippen molar-refractivity contribution in [2.45, 2.75) is 25.7 Å². The van der Waals surface area contributed by atoms with E-state index in [2.05, 4.69) is 35.6 Å². The Bertz CT molecular complexity index is 574. The van der Waals surface area contributed by atoms with Crippen molar-refractivity contribution in [3.05, 3.63) is 59.2 Å². The van der Waals surface area contributed by atoms with Crippen LogP contribution in [0.1, 0.15) is 23.1 Å². The normalized spacial score (nSPS) is 13.4. The number of nitrogens with one attached hydrogen (secondary N) is 1. The summed E-state index contributed by atoms with van der Waals surface area (Å²) in [6.45, 7) is 1.11. The van der Waals surface area contributed by atoms with Crippen LogP contribution in [0.2, 0.25) is 0 Å². The molecule has 2 aromatic carbocycles. The maximum absolute atomic E-state index is 5.20. The number of hydrogen-bond acceptors (Lipinski definition) is 2. The first-order valence-corrected chi connectivity index (χ1v) is 7.34. The molecule has 0 aromatic heterocycles. The van der Waals surface area contributed by atoms with Crippen molar-refractivity contribution >= 4 is 5.69 Å². The molecule has 0 fully saturated rings. The van der Waals surface area contributed by atoms with E-state index in [1.807, 2.05) is 12.1 Å². The van der Waals surface area contributed by atoms with Gasteiger partial charge in [0.2, 0.25) is 0 Å². The van der Waals surface area contributed by atoms with Crippen LogP contribution in [0.4, 0.5) is 5.69 Å². The monoisotopic (exact) mass is 267 g/mol. The van der Waals surface area contributed by atoms with Crippen molar-refractivity contribution in [3.8, 4) is 5.75 Å². The Hall–Kier alpha value is -1.96. The number of anilines is 1. The van der Waals surface area contributed by atoms with Gasteiger partial charge < -0.3 is 10.1 Å². The quantitative estimate of drug-likeness (QED) is 0.908. The second-order valence-corrected chi connectivity index (χ2v) is 5.32. The molecule has 2 heteroatoms. The lowest BCUT2D eigenvalue weighted by molar-refractivity contribution is 0.414. The molecule has 1 aliphatic heterocycles. The zero-order valence-electron chi connectivity index (χ0n) is 12.0. The number of aryl methyl sites for hydroxylation is 2. The maximum Gasteiger partial charge on any atom is 0.118 e. The first-order valence-electron chi connectivity index (χ1n) is 7.34. The summed E-state index contributed by atoms with van der Waals surface area (Å²) in [6, 6.07) is 15.0. The first kappa shape index (κ1) is 13.0. The van der Waals surface area contributed by atoms with Crippen molar-refractivity contribution < 1.29 is 4.74 Å². The third-order valence-electron chi connectivity index (χ3n) is 4.03. The van der Waals surface area contributed by atoms with E-state index in [0.717, 1.165) is 25.1 Å². The SMILES string of the molecule is COc1ccc(CCc2cccc3c2CCCN3)cc1. The van der Waals surface area contributed by atoms with Crippen molar-refractivity contribution in [3.63, 3.8) is 0 Å². The fourth-order valence-corrected chi connectivity index (χ4v) is 2.89. The molecule has 0 atom stereocenters. The molecule has 0 aliphatic carbocycles. The minimum atomic E-state index is 0.926. The highest BCUT2D eigenvalue weighted by Crippen LogP contribution is 2.26. The van der Waals surface area contributed by atoms with Crippen LogP contribution in [0.25, 0.3) is 0 Å². The molecule has 0 amide bonds. The molecule has 3 rings (SSSR count). The molecule has 2 nitrogen and oxygen atoms in total. The molecule has 20 heavy (non-hydrogen) atoms. The zero-order valence-corrected chi connectivity index (χ0v) is 12.0. The summed E-state index contributed by atoms with van der Waals surface area (Å²) in [5.74, 6) is 0.926. The Morgan fingerprint density at radius 2 is 1.90 bits per heavy atom. The van der Waals surface area contributed by atoms with E-state index in [9.17, 15) is 0 Å². The Morgan fingerprint density at radius 3 is 2.70 bits per heavy atom. The van der Waals surface area contributed by atoms with Crippen LogP contribution in [-0.2, 0) is 19.3 Å². The molecule has 0 bridgehead atoms. The van der Waals surface area contributed by atoms with Crippen LogP contribution in [0.5, 0.6) is 5.75 Å². The van der Waals surface area contributed by atoms with Crippen LogP contribution < -0.4 is 10.1 Å². The molecular formula is C18H21NO. The number of fused-ring (bicyclic) bond motifs is 1. The molecule has 2 aromatic rings. The van der Waals surface area contributed by atoms with Gasteiger partial charge in [-0.05, 0) is 60.6 Å². The van der Waals surface area contributed by atoms with Gasteiger partial charge in [-0.3, -0.25) is 0 Å². The summed E-state index contributed by atoms with van der Waals surface area (Å²) in [7, 11) is 1.71. The fraction of sp³-hybridized carbons (Fsp3) is 0.333. The summed E-state index contributed by atoms with van der Waals surface area (Å²) in [5.41, 5.74) is 5.72. The second kappa shape index (κ2) is 6.00. The highest BCUT2D eigenvalue weighted by Gasteiger charge is 2.11. The molecule has 0 radical (unpaired) electrons. The molecule has 1 N–H and O–H groups in total. The van der Waals surface area contributed by atoms with Gasteiger partial charge >= 0.3 is 0 Å². The topological polar surface area (TPSA) is 21.3 Å². The third-order valence-corrected chi connectivity index (χ3v) is 4.03. The summed E-state index contributed by atoms with van der Waals surface area (Å²) >= 11 is 0. The molecule has 1 aliphatic rings. The molecule has 0 spiro atoms. The van der Waals surface area contributed by atoms with Gasteiger partial charge in [-0.15, -0.1) is 0 Å². The predicted octanol–water partition coefficient (Wildman–Crippen LogP) is 3.84. The van der Waals surface area contributed by atoms with E-state index in [1.54, 1.807) is 7.11 Å². The summed E-state index contributed by atoms with van der Waals surface area (Å²) in [4.78, 5) is 0. The van der Waals surface area contributed by atoms with Gasteiger partial charge in [-0.1, -0.05) is 24.3 Å². The number of hydrogen-bond donors (Lipinski definition) is 1. The molecule has 1 heterocycles. The Morgan fingerprint density at radius 1 is 1.05 bits per heavy atom. The number of ether oxygens (including phenoxy) is 1. The van der Waals surface area contributed by atoms with Crippen molar-refractivity contribution in [1.82, 2.24) is 0 Å². The highest BCUT2D eigenvalue weighted by atomic mass is 16.5. The average molecular weight is 267 g/mol. The van der Waals surface area contributed by atoms with E-state index in [4.69, 9.17) is 4.74 Å². The van der Waals surface area contributed by atoms with E-state index in [-0.39, 0.29) is 0 Å². The van der Waals surface area contributed by atoms with E-state index >= 15 is 0 Å². The Kier molecular flexibility index (Phi) is 3.91. The van der Waals surface area contributed by atoms with Gasteiger partial charge in [-0.25, -0.2) is 0 Å². The van der Waals surface area contributed by atoms with Gasteiger partial charge in [0.25, 0.3) is 0 Å². The minimum Gasteiger partial charge on any atom is -0.497 e. The van der Waals surface area contributed by atoms with Crippen molar-refractivity contribution in [2.24, 2.45) is 0 Å². The van der Waals surface area contributed by atoms with Gasteiger partial charge in [0.05, 0.1) is 7.11 Å². The maximum atomic E-state index is 5.20. The molecule has 0 saturated heterocycles. The second-order valence-electron chi connectivity index (χ2n) is 5.32. The first-order chi connectivity index (χ1) is 9.86. The van der Waals surface area contributed by atoms with Gasteiger partial charge in [0.1, 0.15) is 5.75 Å². The predicted molar refractivity (Wildman–Crippen MR) is 83.7 cm³/mol. The number of methoxy groups -OCH3 is 1. The van der Waals surface area contributed by atoms with Crippen LogP contribution in [0, 0.1) is 0 Å². The lowest BCUT2D eigenvalue weighted by Gasteiger charge is -2.21. The van der Waals surface area contributed by atoms with E-state index < -0.39 is 0 Å². The van der Waals surface area contributed by atoms with Crippen LogP contribution >= 0.6 is 0 Å². The molecule has 104 valence electrons. The molecular weight excluding hydrogens is 246 g/mol. The van der Waals surface area contributed by atoms with Crippen molar-refractivity contribution in [1.29, 1.82) is 0 Å². The average Bonchev–Trinajstić information content (AvgIpc) is 2.53. The van der Waals surface area contributed by atoms with Gasteiger partial charge in [0, 0.05) is 12.2 Å². The lowest BCUT2D eigenvalue weighted by atomic mass is 9.94. The Labute approximate surface area is 120 Å². The van der Waals surface area contributed by atoms with E-state index in [0.29, 0.717) is 0 Å². The highest BCUT2D eigenvalue weighted by molar-refractivity contribution is 5.56. The standard InChI is InChI=1S/C18H21NO/c1-20-16-11-8-14(9-12-16)7-10-15-4-2-6-18-17(15)5-3-13-19-18/h2,4,6,8-9,11-12,19H,3,5,7,10,13H2,1H3. The third kappa shape index (κ3) is 2.79. The lowest BCUT2D eigenvalue weighted by Crippen LogP contribution is -2.13. The smallest absolute Gasteiger partial charge is 0.118 e. The largest absolute Gasteiger partial charge is 0.497 e.